The summed E-state index contributed by atoms with van der Waals surface area (Å²) in [5, 5.41) is 0. The minimum Gasteiger partial charge on any atom is -0.303 e. The zero-order chi connectivity index (χ0) is 9.78. The molecule has 0 N–H and O–H groups in total. The van der Waals surface area contributed by atoms with Crippen LogP contribution in [0.5, 0.6) is 0 Å². The van der Waals surface area contributed by atoms with E-state index in [0.717, 1.165) is 25.5 Å². The Labute approximate surface area is 81.9 Å². The average molecular weight is 180 g/mol. The first-order chi connectivity index (χ1) is 6.41. The number of rotatable bonds is 7. The van der Waals surface area contributed by atoms with Crippen LogP contribution < -0.4 is 0 Å². The van der Waals surface area contributed by atoms with Crippen LogP contribution in [0.3, 0.4) is 0 Å². The summed E-state index contributed by atoms with van der Waals surface area (Å²) in [6, 6.07) is 0. The van der Waals surface area contributed by atoms with Gasteiger partial charge in [0.05, 0.1) is 0 Å². The monoisotopic (exact) mass is 180 g/mol. The number of carbonyl (C=O) groups is 1. The number of aldehydes is 1. The SMILES string of the molecule is CCCCCCC#CCCCC=O. The molecule has 0 fully saturated rings. The molecule has 0 aromatic rings. The fourth-order valence-corrected chi connectivity index (χ4v) is 1.09. The van der Waals surface area contributed by atoms with Gasteiger partial charge in [0, 0.05) is 19.3 Å². The van der Waals surface area contributed by atoms with E-state index >= 15 is 0 Å². The van der Waals surface area contributed by atoms with E-state index in [1.54, 1.807) is 0 Å². The zero-order valence-electron chi connectivity index (χ0n) is 8.64. The molecule has 0 aliphatic rings. The average Bonchev–Trinajstić information content (AvgIpc) is 2.16. The molecule has 0 atom stereocenters. The largest absolute Gasteiger partial charge is 0.303 e. The first-order valence-electron chi connectivity index (χ1n) is 5.31. The van der Waals surface area contributed by atoms with Crippen molar-refractivity contribution in [3.05, 3.63) is 0 Å². The quantitative estimate of drug-likeness (QED) is 0.333. The predicted octanol–water partition coefficient (Wildman–Crippen LogP) is 3.33. The smallest absolute Gasteiger partial charge is 0.120 e. The molecule has 0 aromatic heterocycles. The van der Waals surface area contributed by atoms with Crippen LogP contribution in [0.2, 0.25) is 0 Å². The molecular weight excluding hydrogens is 160 g/mol. The minimum absolute atomic E-state index is 0.657. The summed E-state index contributed by atoms with van der Waals surface area (Å²) >= 11 is 0. The van der Waals surface area contributed by atoms with Crippen molar-refractivity contribution in [1.29, 1.82) is 0 Å². The molecule has 0 aliphatic carbocycles. The summed E-state index contributed by atoms with van der Waals surface area (Å²) in [7, 11) is 0. The predicted molar refractivity (Wildman–Crippen MR) is 56.5 cm³/mol. The van der Waals surface area contributed by atoms with E-state index in [4.69, 9.17) is 0 Å². The second kappa shape index (κ2) is 11.2. The molecule has 0 bridgehead atoms. The summed E-state index contributed by atoms with van der Waals surface area (Å²) in [5.74, 6) is 6.23. The molecule has 0 rings (SSSR count). The fourth-order valence-electron chi connectivity index (χ4n) is 1.09. The molecule has 0 aliphatic heterocycles. The summed E-state index contributed by atoms with van der Waals surface area (Å²) in [6.45, 7) is 2.21. The lowest BCUT2D eigenvalue weighted by Crippen LogP contribution is -1.76. The standard InChI is InChI=1S/C12H20O/c1-2-3-4-5-6-7-8-9-10-11-12-13/h12H,2-6,9-11H2,1H3. The first-order valence-corrected chi connectivity index (χ1v) is 5.31. The highest BCUT2D eigenvalue weighted by molar-refractivity contribution is 5.49. The fraction of sp³-hybridized carbons (Fsp3) is 0.750. The molecule has 0 unspecified atom stereocenters. The highest BCUT2D eigenvalue weighted by atomic mass is 16.1. The van der Waals surface area contributed by atoms with Crippen molar-refractivity contribution < 1.29 is 4.79 Å². The van der Waals surface area contributed by atoms with Crippen LogP contribution in [0.4, 0.5) is 0 Å². The van der Waals surface area contributed by atoms with Crippen molar-refractivity contribution in [3.8, 4) is 11.8 Å². The van der Waals surface area contributed by atoms with Gasteiger partial charge < -0.3 is 4.79 Å². The van der Waals surface area contributed by atoms with Crippen molar-refractivity contribution in [2.45, 2.75) is 58.3 Å². The molecule has 0 amide bonds. The summed E-state index contributed by atoms with van der Waals surface area (Å²) in [5.41, 5.74) is 0. The molecule has 13 heavy (non-hydrogen) atoms. The van der Waals surface area contributed by atoms with Crippen molar-refractivity contribution in [2.75, 3.05) is 0 Å². The summed E-state index contributed by atoms with van der Waals surface area (Å²) in [6.07, 6.45) is 9.60. The van der Waals surface area contributed by atoms with E-state index < -0.39 is 0 Å². The van der Waals surface area contributed by atoms with Crippen LogP contribution in [0.1, 0.15) is 58.3 Å². The van der Waals surface area contributed by atoms with Gasteiger partial charge in [-0.05, 0) is 12.8 Å². The Morgan fingerprint density at radius 2 is 1.69 bits per heavy atom. The molecule has 0 heterocycles. The lowest BCUT2D eigenvalue weighted by molar-refractivity contribution is -0.107. The maximum Gasteiger partial charge on any atom is 0.120 e. The van der Waals surface area contributed by atoms with Gasteiger partial charge in [-0.1, -0.05) is 26.2 Å². The van der Waals surface area contributed by atoms with E-state index in [1.165, 1.54) is 25.7 Å². The normalized spacial score (nSPS) is 9.00. The van der Waals surface area contributed by atoms with Gasteiger partial charge >= 0.3 is 0 Å². The highest BCUT2D eigenvalue weighted by Crippen LogP contribution is 2.01. The lowest BCUT2D eigenvalue weighted by Gasteiger charge is -1.91. The molecule has 0 saturated heterocycles. The number of hydrogen-bond donors (Lipinski definition) is 0. The van der Waals surface area contributed by atoms with Crippen molar-refractivity contribution in [1.82, 2.24) is 0 Å². The highest BCUT2D eigenvalue weighted by Gasteiger charge is 1.84. The summed E-state index contributed by atoms with van der Waals surface area (Å²) < 4.78 is 0. The van der Waals surface area contributed by atoms with Gasteiger partial charge in [0.15, 0.2) is 0 Å². The minimum atomic E-state index is 0.657. The van der Waals surface area contributed by atoms with Crippen LogP contribution in [0, 0.1) is 11.8 Å². The third kappa shape index (κ3) is 11.2. The van der Waals surface area contributed by atoms with E-state index in [0.29, 0.717) is 6.42 Å². The van der Waals surface area contributed by atoms with E-state index in [-0.39, 0.29) is 0 Å². The van der Waals surface area contributed by atoms with E-state index in [2.05, 4.69) is 18.8 Å². The molecule has 1 heteroatoms. The summed E-state index contributed by atoms with van der Waals surface area (Å²) in [4.78, 5) is 9.96. The van der Waals surface area contributed by atoms with Crippen LogP contribution in [-0.2, 0) is 4.79 Å². The Kier molecular flexibility index (Phi) is 10.6. The van der Waals surface area contributed by atoms with Crippen molar-refractivity contribution >= 4 is 6.29 Å². The van der Waals surface area contributed by atoms with Gasteiger partial charge in [0.1, 0.15) is 6.29 Å². The van der Waals surface area contributed by atoms with Crippen LogP contribution >= 0.6 is 0 Å². The number of hydrogen-bond acceptors (Lipinski definition) is 1. The maximum absolute atomic E-state index is 9.96. The second-order valence-electron chi connectivity index (χ2n) is 3.22. The number of carbonyl (C=O) groups excluding carboxylic acids is 1. The van der Waals surface area contributed by atoms with Gasteiger partial charge in [-0.3, -0.25) is 0 Å². The molecule has 74 valence electrons. The third-order valence-corrected chi connectivity index (χ3v) is 1.90. The van der Waals surface area contributed by atoms with E-state index in [9.17, 15) is 4.79 Å². The van der Waals surface area contributed by atoms with Crippen LogP contribution in [-0.4, -0.2) is 6.29 Å². The third-order valence-electron chi connectivity index (χ3n) is 1.90. The molecule has 0 radical (unpaired) electrons. The Morgan fingerprint density at radius 3 is 2.31 bits per heavy atom. The molecule has 1 nitrogen and oxygen atoms in total. The van der Waals surface area contributed by atoms with E-state index in [1.807, 2.05) is 0 Å². The lowest BCUT2D eigenvalue weighted by atomic mass is 10.1. The van der Waals surface area contributed by atoms with Crippen molar-refractivity contribution in [2.24, 2.45) is 0 Å². The molecular formula is C12H20O. The number of unbranched alkanes of at least 4 members (excludes halogenated alkanes) is 6. The van der Waals surface area contributed by atoms with Crippen molar-refractivity contribution in [3.63, 3.8) is 0 Å². The molecule has 0 spiro atoms. The Balaban J connectivity index is 3.06. The Morgan fingerprint density at radius 1 is 1.00 bits per heavy atom. The second-order valence-corrected chi connectivity index (χ2v) is 3.22. The van der Waals surface area contributed by atoms with Gasteiger partial charge in [-0.2, -0.15) is 0 Å². The van der Waals surface area contributed by atoms with Gasteiger partial charge in [-0.25, -0.2) is 0 Å². The van der Waals surface area contributed by atoms with Gasteiger partial charge in [0.2, 0.25) is 0 Å². The topological polar surface area (TPSA) is 17.1 Å². The Bertz CT molecular complexity index is 162. The maximum atomic E-state index is 9.96. The van der Waals surface area contributed by atoms with Crippen LogP contribution in [0.25, 0.3) is 0 Å². The molecule has 0 aromatic carbocycles. The van der Waals surface area contributed by atoms with Gasteiger partial charge in [0.25, 0.3) is 0 Å². The zero-order valence-corrected chi connectivity index (χ0v) is 8.64. The van der Waals surface area contributed by atoms with Crippen LogP contribution in [0.15, 0.2) is 0 Å². The Hall–Kier alpha value is -0.770. The first kappa shape index (κ1) is 12.2. The van der Waals surface area contributed by atoms with Gasteiger partial charge in [-0.15, -0.1) is 11.8 Å². The molecule has 0 saturated carbocycles.